The number of carbonyl (C=O) groups is 1. The zero-order chi connectivity index (χ0) is 21.4. The number of methoxy groups -OCH3 is 1. The maximum Gasteiger partial charge on any atom is 0.247 e. The summed E-state index contributed by atoms with van der Waals surface area (Å²) in [7, 11) is 1.75. The largest absolute Gasteiger partial charge is 0.381 e. The number of aromatic amines is 1. The summed E-state index contributed by atoms with van der Waals surface area (Å²) in [5, 5.41) is 10.9. The van der Waals surface area contributed by atoms with E-state index in [-0.39, 0.29) is 24.6 Å². The van der Waals surface area contributed by atoms with Crippen LogP contribution in [-0.2, 0) is 9.53 Å². The normalized spacial score (nSPS) is 21.0. The van der Waals surface area contributed by atoms with E-state index in [9.17, 15) is 4.79 Å². The monoisotopic (exact) mass is 420 g/mol. The topological polar surface area (TPSA) is 122 Å². The average Bonchev–Trinajstić information content (AvgIpc) is 3.34. The third-order valence-electron chi connectivity index (χ3n) is 6.02. The van der Waals surface area contributed by atoms with Gasteiger partial charge in [-0.3, -0.25) is 9.69 Å². The number of aromatic nitrogens is 6. The van der Waals surface area contributed by atoms with Gasteiger partial charge in [0.15, 0.2) is 17.5 Å². The lowest BCUT2D eigenvalue weighted by molar-refractivity contribution is -0.118. The van der Waals surface area contributed by atoms with Crippen molar-refractivity contribution in [2.45, 2.75) is 44.8 Å². The van der Waals surface area contributed by atoms with Gasteiger partial charge < -0.3 is 15.0 Å². The van der Waals surface area contributed by atoms with Crippen molar-refractivity contribution in [1.29, 1.82) is 0 Å². The minimum Gasteiger partial charge on any atom is -0.381 e. The Bertz CT molecular complexity index is 1090. The van der Waals surface area contributed by atoms with E-state index in [1.165, 1.54) is 6.33 Å². The van der Waals surface area contributed by atoms with Crippen molar-refractivity contribution in [2.75, 3.05) is 23.9 Å². The van der Waals surface area contributed by atoms with Crippen LogP contribution in [0.5, 0.6) is 0 Å². The number of hydrogen-bond acceptors (Lipinski definition) is 8. The molecule has 0 saturated heterocycles. The molecule has 10 nitrogen and oxygen atoms in total. The highest BCUT2D eigenvalue weighted by molar-refractivity contribution is 6.01. The lowest BCUT2D eigenvalue weighted by Gasteiger charge is -2.38. The van der Waals surface area contributed by atoms with E-state index in [0.29, 0.717) is 28.8 Å². The molecule has 0 atom stereocenters. The van der Waals surface area contributed by atoms with Gasteiger partial charge in [-0.1, -0.05) is 0 Å². The molecule has 0 spiro atoms. The Hall–Kier alpha value is -3.40. The molecule has 5 rings (SSSR count). The molecule has 0 radical (unpaired) electrons. The SMILES string of the molecule is CO[C@H]1CC[C@@H](N2C(=O)CNc3ncc(-c4ccc(-c5nnc[nH]5)nc4C)nc32)CC1. The van der Waals surface area contributed by atoms with Crippen LogP contribution in [0.15, 0.2) is 24.7 Å². The maximum absolute atomic E-state index is 12.8. The Morgan fingerprint density at radius 1 is 1.13 bits per heavy atom. The van der Waals surface area contributed by atoms with Crippen molar-refractivity contribution in [3.63, 3.8) is 0 Å². The fraction of sp³-hybridized carbons (Fsp3) is 0.429. The molecule has 3 aromatic heterocycles. The number of rotatable bonds is 4. The first-order valence-electron chi connectivity index (χ1n) is 10.4. The summed E-state index contributed by atoms with van der Waals surface area (Å²) in [5.74, 6) is 1.86. The van der Waals surface area contributed by atoms with E-state index in [4.69, 9.17) is 9.72 Å². The highest BCUT2D eigenvalue weighted by atomic mass is 16.5. The first-order chi connectivity index (χ1) is 15.1. The van der Waals surface area contributed by atoms with E-state index in [1.54, 1.807) is 13.3 Å². The molecular formula is C21H24N8O2. The third-order valence-corrected chi connectivity index (χ3v) is 6.02. The van der Waals surface area contributed by atoms with Crippen molar-refractivity contribution < 1.29 is 9.53 Å². The van der Waals surface area contributed by atoms with Crippen LogP contribution >= 0.6 is 0 Å². The predicted octanol–water partition coefficient (Wildman–Crippen LogP) is 2.35. The Morgan fingerprint density at radius 3 is 2.68 bits per heavy atom. The summed E-state index contributed by atoms with van der Waals surface area (Å²) in [6.45, 7) is 2.15. The zero-order valence-corrected chi connectivity index (χ0v) is 17.5. The molecule has 1 aliphatic heterocycles. The van der Waals surface area contributed by atoms with Crippen LogP contribution in [0.4, 0.5) is 11.6 Å². The highest BCUT2D eigenvalue weighted by Gasteiger charge is 2.35. The second-order valence-corrected chi connectivity index (χ2v) is 7.88. The van der Waals surface area contributed by atoms with Gasteiger partial charge in [0.2, 0.25) is 5.91 Å². The number of aryl methyl sites for hydroxylation is 1. The molecule has 1 saturated carbocycles. The van der Waals surface area contributed by atoms with Gasteiger partial charge in [0, 0.05) is 24.4 Å². The van der Waals surface area contributed by atoms with Crippen LogP contribution in [0, 0.1) is 6.92 Å². The van der Waals surface area contributed by atoms with Gasteiger partial charge in [-0.25, -0.2) is 15.0 Å². The van der Waals surface area contributed by atoms with Gasteiger partial charge in [0.1, 0.15) is 12.0 Å². The molecule has 0 unspecified atom stereocenters. The molecule has 0 bridgehead atoms. The van der Waals surface area contributed by atoms with Gasteiger partial charge >= 0.3 is 0 Å². The minimum atomic E-state index is 0.0235. The summed E-state index contributed by atoms with van der Waals surface area (Å²) in [6, 6.07) is 3.93. The Kier molecular flexibility index (Phi) is 5.06. The number of nitrogens with one attached hydrogen (secondary N) is 2. The number of nitrogens with zero attached hydrogens (tertiary/aromatic N) is 6. The summed E-state index contributed by atoms with van der Waals surface area (Å²) < 4.78 is 5.49. The van der Waals surface area contributed by atoms with Crippen LogP contribution in [0.3, 0.4) is 0 Å². The lowest BCUT2D eigenvalue weighted by Crippen LogP contribution is -2.49. The molecule has 1 fully saturated rings. The number of anilines is 2. The van der Waals surface area contributed by atoms with E-state index in [0.717, 1.165) is 36.9 Å². The molecule has 0 aromatic carbocycles. The molecule has 1 amide bonds. The van der Waals surface area contributed by atoms with E-state index >= 15 is 0 Å². The smallest absolute Gasteiger partial charge is 0.247 e. The van der Waals surface area contributed by atoms with Crippen LogP contribution < -0.4 is 10.2 Å². The molecular weight excluding hydrogens is 396 g/mol. The van der Waals surface area contributed by atoms with Crippen LogP contribution in [0.25, 0.3) is 22.8 Å². The molecule has 3 aromatic rings. The number of H-pyrrole nitrogens is 1. The second kappa shape index (κ2) is 8.03. The lowest BCUT2D eigenvalue weighted by atomic mass is 9.91. The minimum absolute atomic E-state index is 0.0235. The van der Waals surface area contributed by atoms with Crippen LogP contribution in [0.2, 0.25) is 0 Å². The maximum atomic E-state index is 12.8. The number of amides is 1. The van der Waals surface area contributed by atoms with Crippen molar-refractivity contribution >= 4 is 17.5 Å². The van der Waals surface area contributed by atoms with Gasteiger partial charge in [0.05, 0.1) is 24.5 Å². The number of carbonyl (C=O) groups excluding carboxylic acids is 1. The van der Waals surface area contributed by atoms with E-state index in [2.05, 4.69) is 30.5 Å². The van der Waals surface area contributed by atoms with E-state index in [1.807, 2.05) is 24.0 Å². The molecule has 2 aliphatic rings. The van der Waals surface area contributed by atoms with Gasteiger partial charge in [-0.05, 0) is 44.7 Å². The molecule has 4 heterocycles. The molecule has 31 heavy (non-hydrogen) atoms. The molecule has 10 heteroatoms. The number of pyridine rings is 1. The summed E-state index contributed by atoms with van der Waals surface area (Å²) in [5.41, 5.74) is 3.04. The Labute approximate surface area is 179 Å². The number of fused-ring (bicyclic) bond motifs is 1. The first kappa shape index (κ1) is 19.6. The quantitative estimate of drug-likeness (QED) is 0.660. The molecule has 1 aliphatic carbocycles. The third kappa shape index (κ3) is 3.63. The summed E-state index contributed by atoms with van der Waals surface area (Å²) in [6.07, 6.45) is 7.17. The van der Waals surface area contributed by atoms with Crippen molar-refractivity contribution in [3.8, 4) is 22.8 Å². The second-order valence-electron chi connectivity index (χ2n) is 7.88. The van der Waals surface area contributed by atoms with Gasteiger partial charge in [0.25, 0.3) is 0 Å². The first-order valence-corrected chi connectivity index (χ1v) is 10.4. The predicted molar refractivity (Wildman–Crippen MR) is 114 cm³/mol. The number of hydrogen-bond donors (Lipinski definition) is 2. The molecule has 2 N–H and O–H groups in total. The Balaban J connectivity index is 1.48. The van der Waals surface area contributed by atoms with Gasteiger partial charge in [-0.2, -0.15) is 0 Å². The van der Waals surface area contributed by atoms with Gasteiger partial charge in [-0.15, -0.1) is 10.2 Å². The fourth-order valence-electron chi connectivity index (χ4n) is 4.37. The van der Waals surface area contributed by atoms with E-state index < -0.39 is 0 Å². The summed E-state index contributed by atoms with van der Waals surface area (Å²) in [4.78, 5) is 31.7. The van der Waals surface area contributed by atoms with Crippen LogP contribution in [-0.4, -0.2) is 61.8 Å². The average molecular weight is 420 g/mol. The van der Waals surface area contributed by atoms with Crippen molar-refractivity contribution in [2.24, 2.45) is 0 Å². The Morgan fingerprint density at radius 2 is 1.97 bits per heavy atom. The standard InChI is InChI=1S/C21H24N8O2/c1-12-15(7-8-16(26-12)19-24-11-25-28-19)17-9-22-20-21(27-17)29(18(30)10-23-20)13-3-5-14(31-2)6-4-13/h7-9,11,13-14H,3-6,10H2,1-2H3,(H,22,23)(H,24,25,28)/t13-,14+. The summed E-state index contributed by atoms with van der Waals surface area (Å²) >= 11 is 0. The highest BCUT2D eigenvalue weighted by Crippen LogP contribution is 2.35. The van der Waals surface area contributed by atoms with Crippen molar-refractivity contribution in [3.05, 3.63) is 30.4 Å². The zero-order valence-electron chi connectivity index (χ0n) is 17.5. The van der Waals surface area contributed by atoms with Crippen molar-refractivity contribution in [1.82, 2.24) is 30.1 Å². The van der Waals surface area contributed by atoms with Crippen LogP contribution in [0.1, 0.15) is 31.4 Å². The molecule has 160 valence electrons. The number of ether oxygens (including phenoxy) is 1. The fourth-order valence-corrected chi connectivity index (χ4v) is 4.37.